The highest BCUT2D eigenvalue weighted by atomic mass is 16.2. The topological polar surface area (TPSA) is 32.3 Å². The van der Waals surface area contributed by atoms with E-state index in [1.54, 1.807) is 0 Å². The van der Waals surface area contributed by atoms with Crippen LogP contribution in [0.3, 0.4) is 0 Å². The van der Waals surface area contributed by atoms with Crippen LogP contribution in [-0.2, 0) is 4.79 Å². The fourth-order valence-electron chi connectivity index (χ4n) is 2.68. The summed E-state index contributed by atoms with van der Waals surface area (Å²) >= 11 is 0. The third-order valence-electron chi connectivity index (χ3n) is 3.76. The second-order valence-electron chi connectivity index (χ2n) is 5.04. The van der Waals surface area contributed by atoms with Crippen molar-refractivity contribution in [1.82, 2.24) is 10.2 Å². The molecule has 1 N–H and O–H groups in total. The van der Waals surface area contributed by atoms with Crippen LogP contribution in [0, 0.1) is 6.92 Å². The SMILES string of the molecule is CNCCC(=O)N1CCC(c2ccccc2C)C1. The summed E-state index contributed by atoms with van der Waals surface area (Å²) in [5, 5.41) is 3.03. The number of carbonyl (C=O) groups is 1. The van der Waals surface area contributed by atoms with Crippen LogP contribution in [0.15, 0.2) is 24.3 Å². The zero-order valence-electron chi connectivity index (χ0n) is 11.3. The number of benzene rings is 1. The molecule has 0 radical (unpaired) electrons. The summed E-state index contributed by atoms with van der Waals surface area (Å²) in [5.74, 6) is 0.796. The Morgan fingerprint density at radius 3 is 2.94 bits per heavy atom. The summed E-state index contributed by atoms with van der Waals surface area (Å²) in [6, 6.07) is 8.51. The largest absolute Gasteiger partial charge is 0.342 e. The Morgan fingerprint density at radius 2 is 2.22 bits per heavy atom. The molecule has 1 unspecified atom stereocenters. The van der Waals surface area contributed by atoms with Crippen molar-refractivity contribution in [2.45, 2.75) is 25.7 Å². The van der Waals surface area contributed by atoms with E-state index in [2.05, 4.69) is 36.5 Å². The van der Waals surface area contributed by atoms with Gasteiger partial charge in [-0.15, -0.1) is 0 Å². The van der Waals surface area contributed by atoms with Gasteiger partial charge in [0.2, 0.25) is 5.91 Å². The van der Waals surface area contributed by atoms with Crippen LogP contribution in [0.4, 0.5) is 0 Å². The molecule has 1 fully saturated rings. The molecule has 1 amide bonds. The van der Waals surface area contributed by atoms with Gasteiger partial charge in [0.15, 0.2) is 0 Å². The van der Waals surface area contributed by atoms with Crippen LogP contribution in [0.2, 0.25) is 0 Å². The summed E-state index contributed by atoms with van der Waals surface area (Å²) in [6.07, 6.45) is 1.70. The monoisotopic (exact) mass is 246 g/mol. The lowest BCUT2D eigenvalue weighted by molar-refractivity contribution is -0.130. The van der Waals surface area contributed by atoms with Crippen LogP contribution in [0.5, 0.6) is 0 Å². The summed E-state index contributed by atoms with van der Waals surface area (Å²) in [5.41, 5.74) is 2.74. The van der Waals surface area contributed by atoms with Gasteiger partial charge in [0.25, 0.3) is 0 Å². The van der Waals surface area contributed by atoms with E-state index in [0.717, 1.165) is 26.1 Å². The second kappa shape index (κ2) is 6.01. The van der Waals surface area contributed by atoms with E-state index < -0.39 is 0 Å². The van der Waals surface area contributed by atoms with Crippen molar-refractivity contribution in [2.24, 2.45) is 0 Å². The van der Waals surface area contributed by atoms with E-state index in [-0.39, 0.29) is 5.91 Å². The van der Waals surface area contributed by atoms with Gasteiger partial charge >= 0.3 is 0 Å². The molecule has 0 spiro atoms. The molecule has 3 nitrogen and oxygen atoms in total. The maximum absolute atomic E-state index is 12.0. The zero-order valence-corrected chi connectivity index (χ0v) is 11.3. The van der Waals surface area contributed by atoms with Crippen molar-refractivity contribution in [2.75, 3.05) is 26.7 Å². The second-order valence-corrected chi connectivity index (χ2v) is 5.04. The Kier molecular flexibility index (Phi) is 4.37. The van der Waals surface area contributed by atoms with Crippen molar-refractivity contribution >= 4 is 5.91 Å². The standard InChI is InChI=1S/C15H22N2O/c1-12-5-3-4-6-14(12)13-8-10-17(11-13)15(18)7-9-16-2/h3-6,13,16H,7-11H2,1-2H3. The number of nitrogens with zero attached hydrogens (tertiary/aromatic N) is 1. The van der Waals surface area contributed by atoms with Gasteiger partial charge in [0.05, 0.1) is 0 Å². The predicted octanol–water partition coefficient (Wildman–Crippen LogP) is 1.92. The fourth-order valence-corrected chi connectivity index (χ4v) is 2.68. The van der Waals surface area contributed by atoms with Gasteiger partial charge in [-0.25, -0.2) is 0 Å². The van der Waals surface area contributed by atoms with Crippen molar-refractivity contribution in [3.63, 3.8) is 0 Å². The molecule has 1 aromatic rings. The molecule has 1 atom stereocenters. The van der Waals surface area contributed by atoms with Crippen LogP contribution in [-0.4, -0.2) is 37.5 Å². The lowest BCUT2D eigenvalue weighted by Gasteiger charge is -2.17. The first-order valence-electron chi connectivity index (χ1n) is 6.70. The third kappa shape index (κ3) is 2.91. The van der Waals surface area contributed by atoms with Gasteiger partial charge in [-0.05, 0) is 31.5 Å². The minimum atomic E-state index is 0.278. The number of nitrogens with one attached hydrogen (secondary N) is 1. The van der Waals surface area contributed by atoms with Crippen molar-refractivity contribution in [1.29, 1.82) is 0 Å². The molecule has 1 saturated heterocycles. The molecule has 0 aromatic heterocycles. The summed E-state index contributed by atoms with van der Waals surface area (Å²) in [7, 11) is 1.88. The molecule has 18 heavy (non-hydrogen) atoms. The van der Waals surface area contributed by atoms with E-state index in [4.69, 9.17) is 0 Å². The first-order valence-corrected chi connectivity index (χ1v) is 6.70. The fraction of sp³-hybridized carbons (Fsp3) is 0.533. The quantitative estimate of drug-likeness (QED) is 0.880. The normalized spacial score (nSPS) is 19.2. The predicted molar refractivity (Wildman–Crippen MR) is 73.7 cm³/mol. The minimum absolute atomic E-state index is 0.278. The molecule has 1 aliphatic heterocycles. The minimum Gasteiger partial charge on any atom is -0.342 e. The lowest BCUT2D eigenvalue weighted by Crippen LogP contribution is -2.30. The van der Waals surface area contributed by atoms with Gasteiger partial charge in [0.1, 0.15) is 0 Å². The van der Waals surface area contributed by atoms with Crippen molar-refractivity contribution in [3.05, 3.63) is 35.4 Å². The molecule has 0 saturated carbocycles. The Bertz CT molecular complexity index is 417. The molecule has 0 bridgehead atoms. The van der Waals surface area contributed by atoms with Gasteiger partial charge < -0.3 is 10.2 Å². The Hall–Kier alpha value is -1.35. The number of amides is 1. The summed E-state index contributed by atoms with van der Waals surface area (Å²) < 4.78 is 0. The zero-order chi connectivity index (χ0) is 13.0. The molecular weight excluding hydrogens is 224 g/mol. The van der Waals surface area contributed by atoms with Gasteiger partial charge in [-0.1, -0.05) is 24.3 Å². The first kappa shape index (κ1) is 13.1. The molecule has 1 aliphatic rings. The average Bonchev–Trinajstić information content (AvgIpc) is 2.86. The van der Waals surface area contributed by atoms with E-state index >= 15 is 0 Å². The molecular formula is C15H22N2O. The Labute approximate surface area is 109 Å². The Balaban J connectivity index is 1.96. The number of hydrogen-bond acceptors (Lipinski definition) is 2. The first-order chi connectivity index (χ1) is 8.72. The Morgan fingerprint density at radius 1 is 1.44 bits per heavy atom. The third-order valence-corrected chi connectivity index (χ3v) is 3.76. The number of aryl methyl sites for hydroxylation is 1. The molecule has 1 aromatic carbocycles. The maximum atomic E-state index is 12.0. The van der Waals surface area contributed by atoms with E-state index in [9.17, 15) is 4.79 Å². The van der Waals surface area contributed by atoms with E-state index in [0.29, 0.717) is 12.3 Å². The van der Waals surface area contributed by atoms with Crippen molar-refractivity contribution in [3.8, 4) is 0 Å². The van der Waals surface area contributed by atoms with Gasteiger partial charge in [-0.3, -0.25) is 4.79 Å². The highest BCUT2D eigenvalue weighted by Gasteiger charge is 2.27. The van der Waals surface area contributed by atoms with Crippen LogP contribution >= 0.6 is 0 Å². The molecule has 2 rings (SSSR count). The number of hydrogen-bond donors (Lipinski definition) is 1. The van der Waals surface area contributed by atoms with Crippen LogP contribution in [0.1, 0.15) is 29.9 Å². The van der Waals surface area contributed by atoms with Gasteiger partial charge in [-0.2, -0.15) is 0 Å². The summed E-state index contributed by atoms with van der Waals surface area (Å²) in [4.78, 5) is 14.0. The van der Waals surface area contributed by atoms with Gasteiger partial charge in [0, 0.05) is 32.0 Å². The highest BCUT2D eigenvalue weighted by Crippen LogP contribution is 2.29. The molecule has 98 valence electrons. The smallest absolute Gasteiger partial charge is 0.223 e. The lowest BCUT2D eigenvalue weighted by atomic mass is 9.94. The number of likely N-dealkylation sites (tertiary alicyclic amines) is 1. The molecule has 0 aliphatic carbocycles. The maximum Gasteiger partial charge on any atom is 0.223 e. The summed E-state index contributed by atoms with van der Waals surface area (Å²) in [6.45, 7) is 4.71. The van der Waals surface area contributed by atoms with E-state index in [1.165, 1.54) is 11.1 Å². The molecule has 1 heterocycles. The van der Waals surface area contributed by atoms with E-state index in [1.807, 2.05) is 11.9 Å². The average molecular weight is 246 g/mol. The highest BCUT2D eigenvalue weighted by molar-refractivity contribution is 5.76. The van der Waals surface area contributed by atoms with Crippen molar-refractivity contribution < 1.29 is 4.79 Å². The molecule has 3 heteroatoms. The van der Waals surface area contributed by atoms with Crippen LogP contribution in [0.25, 0.3) is 0 Å². The number of rotatable bonds is 4. The van der Waals surface area contributed by atoms with Crippen LogP contribution < -0.4 is 5.32 Å². The number of carbonyl (C=O) groups excluding carboxylic acids is 1.